The molecule has 0 unspecified atom stereocenters. The van der Waals surface area contributed by atoms with Gasteiger partial charge >= 0.3 is 0 Å². The van der Waals surface area contributed by atoms with E-state index in [1.807, 2.05) is 47.6 Å². The molecule has 22 heavy (non-hydrogen) atoms. The average molecular weight is 306 g/mol. The van der Waals surface area contributed by atoms with Gasteiger partial charge in [0, 0.05) is 12.5 Å². The van der Waals surface area contributed by atoms with Crippen molar-refractivity contribution in [3.63, 3.8) is 0 Å². The van der Waals surface area contributed by atoms with E-state index in [1.165, 1.54) is 6.92 Å². The third kappa shape index (κ3) is 3.64. The molecule has 0 aliphatic heterocycles. The highest BCUT2D eigenvalue weighted by molar-refractivity contribution is 5.93. The minimum atomic E-state index is -0.363. The number of carbonyl (C=O) groups excluding carboxylic acids is 1. The second-order valence-corrected chi connectivity index (χ2v) is 6.59. The van der Waals surface area contributed by atoms with Gasteiger partial charge in [-0.1, -0.05) is 47.6 Å². The number of nitrogens with zero attached hydrogens (tertiary/aromatic N) is 1. The van der Waals surface area contributed by atoms with E-state index in [4.69, 9.17) is 0 Å². The van der Waals surface area contributed by atoms with E-state index >= 15 is 0 Å². The Bertz CT molecular complexity index is 590. The molecule has 5 nitrogen and oxygen atoms in total. The van der Waals surface area contributed by atoms with Crippen LogP contribution in [0.2, 0.25) is 0 Å². The van der Waals surface area contributed by atoms with Crippen molar-refractivity contribution in [3.05, 3.63) is 32.9 Å². The smallest absolute Gasteiger partial charge is 0.296 e. The van der Waals surface area contributed by atoms with Gasteiger partial charge in [0.2, 0.25) is 5.91 Å². The lowest BCUT2D eigenvalue weighted by Crippen LogP contribution is -2.15. The van der Waals surface area contributed by atoms with Crippen molar-refractivity contribution in [2.75, 3.05) is 5.32 Å². The molecule has 0 aromatic heterocycles. The Balaban J connectivity index is 3.90. The van der Waals surface area contributed by atoms with Crippen LogP contribution in [0.25, 0.3) is 0 Å². The Kier molecular flexibility index (Phi) is 5.69. The van der Waals surface area contributed by atoms with Gasteiger partial charge < -0.3 is 5.32 Å². The first-order valence-corrected chi connectivity index (χ1v) is 7.70. The number of nitrogens with one attached hydrogen (secondary N) is 1. The van der Waals surface area contributed by atoms with E-state index in [-0.39, 0.29) is 34.3 Å². The van der Waals surface area contributed by atoms with Crippen LogP contribution in [-0.4, -0.2) is 10.8 Å². The van der Waals surface area contributed by atoms with E-state index < -0.39 is 0 Å². The molecule has 0 atom stereocenters. The summed E-state index contributed by atoms with van der Waals surface area (Å²) in [6.45, 7) is 13.3. The van der Waals surface area contributed by atoms with Crippen molar-refractivity contribution in [2.24, 2.45) is 0 Å². The molecule has 0 radical (unpaired) electrons. The normalized spacial score (nSPS) is 11.4. The van der Waals surface area contributed by atoms with Gasteiger partial charge in [0.1, 0.15) is 5.69 Å². The highest BCUT2D eigenvalue weighted by atomic mass is 16.6. The molecule has 5 heteroatoms. The molecule has 1 amide bonds. The Hall–Kier alpha value is -1.91. The summed E-state index contributed by atoms with van der Waals surface area (Å²) in [6, 6.07) is 2.02. The molecule has 0 heterocycles. The van der Waals surface area contributed by atoms with E-state index in [0.29, 0.717) is 11.3 Å². The zero-order chi connectivity index (χ0) is 17.2. The second-order valence-electron chi connectivity index (χ2n) is 6.59. The summed E-state index contributed by atoms with van der Waals surface area (Å²) >= 11 is 0. The molecule has 0 saturated carbocycles. The van der Waals surface area contributed by atoms with Gasteiger partial charge in [-0.2, -0.15) is 0 Å². The summed E-state index contributed by atoms with van der Waals surface area (Å²) in [4.78, 5) is 22.9. The van der Waals surface area contributed by atoms with Crippen LogP contribution in [0.5, 0.6) is 0 Å². The number of anilines is 1. The number of hydrogen-bond acceptors (Lipinski definition) is 3. The maximum atomic E-state index is 11.7. The first-order valence-electron chi connectivity index (χ1n) is 7.70. The molecule has 1 rings (SSSR count). The molecule has 0 aliphatic carbocycles. The number of carbonyl (C=O) groups is 1. The van der Waals surface area contributed by atoms with Gasteiger partial charge in [-0.05, 0) is 28.9 Å². The first-order chi connectivity index (χ1) is 10.1. The van der Waals surface area contributed by atoms with Gasteiger partial charge in [0.25, 0.3) is 5.69 Å². The number of hydrogen-bond donors (Lipinski definition) is 1. The zero-order valence-corrected chi connectivity index (χ0v) is 14.5. The fraction of sp³-hybridized carbons (Fsp3) is 0.588. The molecule has 0 fully saturated rings. The largest absolute Gasteiger partial charge is 0.320 e. The standard InChI is InChI=1S/C17H26N2O3/c1-9(2)13-8-14(10(3)4)16(18-12(7)20)17(19(21)22)15(13)11(5)6/h8-11H,1-7H3,(H,18,20). The highest BCUT2D eigenvalue weighted by Gasteiger charge is 2.30. The molecule has 122 valence electrons. The number of benzene rings is 1. The fourth-order valence-electron chi connectivity index (χ4n) is 2.76. The molecule has 1 aromatic carbocycles. The van der Waals surface area contributed by atoms with Crippen LogP contribution in [-0.2, 0) is 4.79 Å². The summed E-state index contributed by atoms with van der Waals surface area (Å²) in [6.07, 6.45) is 0. The lowest BCUT2D eigenvalue weighted by atomic mass is 9.84. The van der Waals surface area contributed by atoms with Gasteiger partial charge in [0.15, 0.2) is 0 Å². The van der Waals surface area contributed by atoms with E-state index in [2.05, 4.69) is 5.32 Å². The molecular weight excluding hydrogens is 280 g/mol. The van der Waals surface area contributed by atoms with Crippen LogP contribution in [0.1, 0.15) is 82.9 Å². The van der Waals surface area contributed by atoms with Crippen LogP contribution in [0.4, 0.5) is 11.4 Å². The Labute approximate surface area is 132 Å². The predicted molar refractivity (Wildman–Crippen MR) is 89.7 cm³/mol. The SMILES string of the molecule is CC(=O)Nc1c(C(C)C)cc(C(C)C)c(C(C)C)c1[N+](=O)[O-]. The predicted octanol–water partition coefficient (Wildman–Crippen LogP) is 4.92. The van der Waals surface area contributed by atoms with Gasteiger partial charge in [-0.15, -0.1) is 0 Å². The number of amides is 1. The monoisotopic (exact) mass is 306 g/mol. The van der Waals surface area contributed by atoms with Crippen molar-refractivity contribution in [3.8, 4) is 0 Å². The first kappa shape index (κ1) is 18.1. The minimum Gasteiger partial charge on any atom is -0.320 e. The lowest BCUT2D eigenvalue weighted by molar-refractivity contribution is -0.384. The number of rotatable bonds is 5. The van der Waals surface area contributed by atoms with Crippen LogP contribution >= 0.6 is 0 Å². The van der Waals surface area contributed by atoms with E-state index in [0.717, 1.165) is 11.1 Å². The lowest BCUT2D eigenvalue weighted by Gasteiger charge is -2.22. The van der Waals surface area contributed by atoms with Crippen LogP contribution in [0, 0.1) is 10.1 Å². The van der Waals surface area contributed by atoms with Crippen molar-refractivity contribution >= 4 is 17.3 Å². The Morgan fingerprint density at radius 3 is 1.86 bits per heavy atom. The van der Waals surface area contributed by atoms with Gasteiger partial charge in [-0.3, -0.25) is 14.9 Å². The Morgan fingerprint density at radius 2 is 1.55 bits per heavy atom. The quantitative estimate of drug-likeness (QED) is 0.619. The minimum absolute atomic E-state index is 0.00604. The molecule has 1 N–H and O–H groups in total. The Morgan fingerprint density at radius 1 is 1.05 bits per heavy atom. The van der Waals surface area contributed by atoms with Gasteiger partial charge in [-0.25, -0.2) is 0 Å². The van der Waals surface area contributed by atoms with Gasteiger partial charge in [0.05, 0.1) is 4.92 Å². The third-order valence-electron chi connectivity index (χ3n) is 3.71. The van der Waals surface area contributed by atoms with Crippen LogP contribution in [0.3, 0.4) is 0 Å². The molecule has 0 saturated heterocycles. The molecule has 0 spiro atoms. The molecule has 0 bridgehead atoms. The van der Waals surface area contributed by atoms with Crippen LogP contribution in [0.15, 0.2) is 6.07 Å². The molecular formula is C17H26N2O3. The topological polar surface area (TPSA) is 72.2 Å². The highest BCUT2D eigenvalue weighted by Crippen LogP contribution is 2.43. The summed E-state index contributed by atoms with van der Waals surface area (Å²) < 4.78 is 0. The molecule has 1 aromatic rings. The fourth-order valence-corrected chi connectivity index (χ4v) is 2.76. The third-order valence-corrected chi connectivity index (χ3v) is 3.71. The summed E-state index contributed by atoms with van der Waals surface area (Å²) in [7, 11) is 0. The van der Waals surface area contributed by atoms with Crippen molar-refractivity contribution in [1.29, 1.82) is 0 Å². The summed E-state index contributed by atoms with van der Waals surface area (Å²) in [5, 5.41) is 14.4. The van der Waals surface area contributed by atoms with E-state index in [9.17, 15) is 14.9 Å². The summed E-state index contributed by atoms with van der Waals surface area (Å²) in [5.74, 6) is -0.0252. The number of nitro groups is 1. The maximum Gasteiger partial charge on any atom is 0.296 e. The average Bonchev–Trinajstić information content (AvgIpc) is 2.35. The molecule has 0 aliphatic rings. The van der Waals surface area contributed by atoms with Crippen LogP contribution < -0.4 is 5.32 Å². The van der Waals surface area contributed by atoms with E-state index in [1.54, 1.807) is 0 Å². The van der Waals surface area contributed by atoms with Crippen molar-refractivity contribution in [2.45, 2.75) is 66.2 Å². The van der Waals surface area contributed by atoms with Crippen molar-refractivity contribution < 1.29 is 9.72 Å². The zero-order valence-electron chi connectivity index (χ0n) is 14.5. The second kappa shape index (κ2) is 6.90. The van der Waals surface area contributed by atoms with Crippen molar-refractivity contribution in [1.82, 2.24) is 0 Å². The number of nitro benzene ring substituents is 1. The summed E-state index contributed by atoms with van der Waals surface area (Å²) in [5.41, 5.74) is 2.91. The maximum absolute atomic E-state index is 11.7.